The molecule has 0 heterocycles. The third-order valence-electron chi connectivity index (χ3n) is 3.30. The molecule has 1 aromatic carbocycles. The van der Waals surface area contributed by atoms with E-state index in [1.165, 1.54) is 6.92 Å². The topological polar surface area (TPSA) is 60.4 Å². The number of carbonyl (C=O) groups is 3. The highest BCUT2D eigenvalue weighted by Gasteiger charge is 2.32. The quantitative estimate of drug-likeness (QED) is 0.617. The summed E-state index contributed by atoms with van der Waals surface area (Å²) in [6, 6.07) is 6.55. The first kappa shape index (κ1) is 15.6. The van der Waals surface area contributed by atoms with Crippen LogP contribution in [0.4, 0.5) is 0 Å². The third kappa shape index (κ3) is 3.13. The van der Waals surface area contributed by atoms with Crippen LogP contribution in [0.25, 0.3) is 0 Å². The average molecular weight is 351 g/mol. The summed E-state index contributed by atoms with van der Waals surface area (Å²) in [7, 11) is 0. The summed E-state index contributed by atoms with van der Waals surface area (Å²) in [4.78, 5) is 36.4. The molecule has 1 atom stereocenters. The Labute approximate surface area is 131 Å². The van der Waals surface area contributed by atoms with E-state index < -0.39 is 11.8 Å². The molecular formula is C16H15BrO4. The minimum absolute atomic E-state index is 0.0973. The molecule has 1 aromatic rings. The van der Waals surface area contributed by atoms with Gasteiger partial charge in [0.05, 0.1) is 0 Å². The summed E-state index contributed by atoms with van der Waals surface area (Å²) in [5.41, 5.74) is 0.816. The molecule has 1 unspecified atom stereocenters. The maximum Gasteiger partial charge on any atom is 0.311 e. The SMILES string of the molecule is CC1=C(OC(=O)CC(C)CBr)C(=O)c2ccccc2C1=O. The largest absolute Gasteiger partial charge is 0.422 e. The molecule has 110 valence electrons. The molecule has 5 heteroatoms. The van der Waals surface area contributed by atoms with Crippen LogP contribution in [0, 0.1) is 5.92 Å². The molecule has 0 spiro atoms. The number of hydrogen-bond donors (Lipinski definition) is 0. The van der Waals surface area contributed by atoms with E-state index in [4.69, 9.17) is 4.74 Å². The number of allylic oxidation sites excluding steroid dienone is 2. The zero-order valence-electron chi connectivity index (χ0n) is 11.8. The lowest BCUT2D eigenvalue weighted by molar-refractivity contribution is -0.139. The smallest absolute Gasteiger partial charge is 0.311 e. The van der Waals surface area contributed by atoms with E-state index in [1.54, 1.807) is 24.3 Å². The average Bonchev–Trinajstić information content (AvgIpc) is 2.49. The number of ketones is 2. The Morgan fingerprint density at radius 1 is 1.19 bits per heavy atom. The van der Waals surface area contributed by atoms with Gasteiger partial charge in [-0.25, -0.2) is 0 Å². The van der Waals surface area contributed by atoms with E-state index in [9.17, 15) is 14.4 Å². The zero-order chi connectivity index (χ0) is 15.6. The number of hydrogen-bond acceptors (Lipinski definition) is 4. The van der Waals surface area contributed by atoms with Crippen LogP contribution in [0.15, 0.2) is 35.6 Å². The van der Waals surface area contributed by atoms with E-state index in [0.29, 0.717) is 10.9 Å². The maximum atomic E-state index is 12.4. The molecule has 1 aliphatic rings. The summed E-state index contributed by atoms with van der Waals surface area (Å²) in [5.74, 6) is -1.24. The first-order chi connectivity index (χ1) is 9.95. The number of fused-ring (bicyclic) bond motifs is 1. The molecule has 21 heavy (non-hydrogen) atoms. The van der Waals surface area contributed by atoms with Crippen molar-refractivity contribution in [1.29, 1.82) is 0 Å². The second-order valence-electron chi connectivity index (χ2n) is 5.10. The monoisotopic (exact) mass is 350 g/mol. The highest BCUT2D eigenvalue weighted by molar-refractivity contribution is 9.09. The van der Waals surface area contributed by atoms with E-state index in [1.807, 2.05) is 6.92 Å². The molecule has 1 aliphatic carbocycles. The second kappa shape index (κ2) is 6.35. The number of carbonyl (C=O) groups excluding carboxylic acids is 3. The highest BCUT2D eigenvalue weighted by atomic mass is 79.9. The predicted molar refractivity (Wildman–Crippen MR) is 81.5 cm³/mol. The van der Waals surface area contributed by atoms with E-state index in [0.717, 1.165) is 0 Å². The predicted octanol–water partition coefficient (Wildman–Crippen LogP) is 3.30. The minimum Gasteiger partial charge on any atom is -0.422 e. The van der Waals surface area contributed by atoms with Crippen molar-refractivity contribution in [3.8, 4) is 0 Å². The summed E-state index contributed by atoms with van der Waals surface area (Å²) in [6.07, 6.45) is 0.186. The Balaban J connectivity index is 2.28. The van der Waals surface area contributed by atoms with Gasteiger partial charge < -0.3 is 4.74 Å². The van der Waals surface area contributed by atoms with Gasteiger partial charge >= 0.3 is 5.97 Å². The van der Waals surface area contributed by atoms with Gasteiger partial charge in [-0.3, -0.25) is 14.4 Å². The highest BCUT2D eigenvalue weighted by Crippen LogP contribution is 2.27. The summed E-state index contributed by atoms with van der Waals surface area (Å²) in [6.45, 7) is 3.40. The zero-order valence-corrected chi connectivity index (χ0v) is 13.4. The van der Waals surface area contributed by atoms with Gasteiger partial charge in [0.25, 0.3) is 0 Å². The molecule has 0 aromatic heterocycles. The number of alkyl halides is 1. The van der Waals surface area contributed by atoms with Crippen molar-refractivity contribution in [2.75, 3.05) is 5.33 Å². The first-order valence-corrected chi connectivity index (χ1v) is 7.73. The van der Waals surface area contributed by atoms with Crippen LogP contribution in [0.3, 0.4) is 0 Å². The molecule has 0 aliphatic heterocycles. The first-order valence-electron chi connectivity index (χ1n) is 6.61. The Morgan fingerprint density at radius 2 is 1.76 bits per heavy atom. The Kier molecular flexibility index (Phi) is 4.73. The molecular weight excluding hydrogens is 336 g/mol. The third-order valence-corrected chi connectivity index (χ3v) is 4.40. The fourth-order valence-electron chi connectivity index (χ4n) is 2.09. The van der Waals surface area contributed by atoms with Gasteiger partial charge in [0.1, 0.15) is 0 Å². The number of halogens is 1. The van der Waals surface area contributed by atoms with Crippen LogP contribution in [-0.2, 0) is 9.53 Å². The van der Waals surface area contributed by atoms with Crippen LogP contribution < -0.4 is 0 Å². The molecule has 0 amide bonds. The van der Waals surface area contributed by atoms with Gasteiger partial charge in [-0.2, -0.15) is 0 Å². The molecule has 4 nitrogen and oxygen atoms in total. The number of esters is 1. The van der Waals surface area contributed by atoms with E-state index >= 15 is 0 Å². The van der Waals surface area contributed by atoms with Crippen LogP contribution in [0.5, 0.6) is 0 Å². The van der Waals surface area contributed by atoms with E-state index in [-0.39, 0.29) is 35.0 Å². The van der Waals surface area contributed by atoms with E-state index in [2.05, 4.69) is 15.9 Å². The van der Waals surface area contributed by atoms with Crippen molar-refractivity contribution < 1.29 is 19.1 Å². The molecule has 0 radical (unpaired) electrons. The van der Waals surface area contributed by atoms with Crippen molar-refractivity contribution in [2.45, 2.75) is 20.3 Å². The molecule has 0 saturated carbocycles. The summed E-state index contributed by atoms with van der Waals surface area (Å²) < 4.78 is 5.17. The lowest BCUT2D eigenvalue weighted by Crippen LogP contribution is -2.24. The van der Waals surface area contributed by atoms with Gasteiger partial charge in [0, 0.05) is 28.5 Å². The lowest BCUT2D eigenvalue weighted by atomic mass is 9.89. The van der Waals surface area contributed by atoms with Gasteiger partial charge in [0.15, 0.2) is 11.5 Å². The number of Topliss-reactive ketones (excluding diaryl/α,β-unsaturated/α-hetero) is 2. The molecule has 0 fully saturated rings. The molecule has 2 rings (SSSR count). The Bertz CT molecular complexity index is 645. The maximum absolute atomic E-state index is 12.4. The van der Waals surface area contributed by atoms with Crippen molar-refractivity contribution in [2.24, 2.45) is 5.92 Å². The Morgan fingerprint density at radius 3 is 2.33 bits per heavy atom. The fourth-order valence-corrected chi connectivity index (χ4v) is 2.32. The minimum atomic E-state index is -0.503. The lowest BCUT2D eigenvalue weighted by Gasteiger charge is -2.18. The van der Waals surface area contributed by atoms with Gasteiger partial charge in [-0.05, 0) is 12.8 Å². The molecule has 0 saturated heterocycles. The van der Waals surface area contributed by atoms with Gasteiger partial charge in [-0.1, -0.05) is 47.1 Å². The summed E-state index contributed by atoms with van der Waals surface area (Å²) in [5, 5.41) is 0.663. The summed E-state index contributed by atoms with van der Waals surface area (Å²) >= 11 is 3.28. The van der Waals surface area contributed by atoms with Crippen LogP contribution >= 0.6 is 15.9 Å². The number of benzene rings is 1. The van der Waals surface area contributed by atoms with Crippen molar-refractivity contribution in [1.82, 2.24) is 0 Å². The van der Waals surface area contributed by atoms with Crippen molar-refractivity contribution in [3.63, 3.8) is 0 Å². The van der Waals surface area contributed by atoms with Crippen LogP contribution in [0.1, 0.15) is 41.0 Å². The van der Waals surface area contributed by atoms with Crippen molar-refractivity contribution in [3.05, 3.63) is 46.7 Å². The molecule has 0 N–H and O–H groups in total. The van der Waals surface area contributed by atoms with Gasteiger partial charge in [-0.15, -0.1) is 0 Å². The van der Waals surface area contributed by atoms with Gasteiger partial charge in [0.2, 0.25) is 5.78 Å². The number of ether oxygens (including phenoxy) is 1. The standard InChI is InChI=1S/C16H15BrO4/c1-9(8-17)7-13(18)21-16-10(2)14(19)11-5-3-4-6-12(11)15(16)20/h3-6,9H,7-8H2,1-2H3. The van der Waals surface area contributed by atoms with Crippen LogP contribution in [0.2, 0.25) is 0 Å². The Hall–Kier alpha value is -1.75. The second-order valence-corrected chi connectivity index (χ2v) is 5.74. The normalized spacial score (nSPS) is 15.8. The van der Waals surface area contributed by atoms with Crippen molar-refractivity contribution >= 4 is 33.5 Å². The molecule has 0 bridgehead atoms. The van der Waals surface area contributed by atoms with Crippen LogP contribution in [-0.4, -0.2) is 22.9 Å². The fraction of sp³-hybridized carbons (Fsp3) is 0.312. The number of rotatable bonds is 4.